The first-order valence-corrected chi connectivity index (χ1v) is 5.53. The van der Waals surface area contributed by atoms with Crippen molar-refractivity contribution in [1.82, 2.24) is 10.2 Å². The van der Waals surface area contributed by atoms with Gasteiger partial charge in [0.15, 0.2) is 0 Å². The quantitative estimate of drug-likeness (QED) is 0.809. The summed E-state index contributed by atoms with van der Waals surface area (Å²) in [5.74, 6) is 0.608. The molecule has 0 saturated carbocycles. The van der Waals surface area contributed by atoms with Crippen molar-refractivity contribution >= 4 is 5.82 Å². The largest absolute Gasteiger partial charge is 0.382 e. The van der Waals surface area contributed by atoms with Crippen LogP contribution in [0.15, 0.2) is 18.2 Å². The van der Waals surface area contributed by atoms with Gasteiger partial charge in [0.25, 0.3) is 0 Å². The van der Waals surface area contributed by atoms with Gasteiger partial charge in [-0.1, -0.05) is 24.1 Å². The van der Waals surface area contributed by atoms with Gasteiger partial charge in [-0.2, -0.15) is 5.10 Å². The Labute approximate surface area is 95.7 Å². The molecular formula is C13H17N3. The number of anilines is 1. The Morgan fingerprint density at radius 1 is 1.19 bits per heavy atom. The summed E-state index contributed by atoms with van der Waals surface area (Å²) in [6.07, 6.45) is 0.894. The lowest BCUT2D eigenvalue weighted by Crippen LogP contribution is -1.91. The van der Waals surface area contributed by atoms with Crippen molar-refractivity contribution in [3.63, 3.8) is 0 Å². The summed E-state index contributed by atoms with van der Waals surface area (Å²) >= 11 is 0. The molecule has 0 aliphatic carbocycles. The summed E-state index contributed by atoms with van der Waals surface area (Å²) in [6.45, 7) is 6.29. The minimum Gasteiger partial charge on any atom is -0.382 e. The van der Waals surface area contributed by atoms with E-state index in [0.29, 0.717) is 5.82 Å². The van der Waals surface area contributed by atoms with Gasteiger partial charge >= 0.3 is 0 Å². The van der Waals surface area contributed by atoms with E-state index >= 15 is 0 Å². The number of nitrogens with two attached hydrogens (primary N) is 1. The minimum absolute atomic E-state index is 0.608. The lowest BCUT2D eigenvalue weighted by Gasteiger charge is -2.05. The number of aromatic amines is 1. The molecule has 0 bridgehead atoms. The molecule has 0 aliphatic heterocycles. The fourth-order valence-corrected chi connectivity index (χ4v) is 2.09. The Bertz CT molecular complexity index is 492. The standard InChI is InChI=1S/C13H17N3/c1-4-11-12(15-16-13(11)14)10-6-8(2)5-9(3)7-10/h5-7H,4H2,1-3H3,(H3,14,15,16). The van der Waals surface area contributed by atoms with Crippen LogP contribution in [0.2, 0.25) is 0 Å². The topological polar surface area (TPSA) is 54.7 Å². The number of nitrogens with one attached hydrogen (secondary N) is 1. The highest BCUT2D eigenvalue weighted by Crippen LogP contribution is 2.27. The highest BCUT2D eigenvalue weighted by atomic mass is 15.2. The number of hydrogen-bond acceptors (Lipinski definition) is 2. The highest BCUT2D eigenvalue weighted by Gasteiger charge is 2.11. The predicted octanol–water partition coefficient (Wildman–Crippen LogP) is 2.84. The summed E-state index contributed by atoms with van der Waals surface area (Å²) in [4.78, 5) is 0. The molecule has 2 rings (SSSR count). The number of rotatable bonds is 2. The molecule has 1 aromatic heterocycles. The van der Waals surface area contributed by atoms with Crippen LogP contribution in [0.1, 0.15) is 23.6 Å². The van der Waals surface area contributed by atoms with Crippen molar-refractivity contribution in [2.24, 2.45) is 0 Å². The molecule has 16 heavy (non-hydrogen) atoms. The fraction of sp³-hybridized carbons (Fsp3) is 0.308. The van der Waals surface area contributed by atoms with Crippen LogP contribution in [-0.2, 0) is 6.42 Å². The highest BCUT2D eigenvalue weighted by molar-refractivity contribution is 5.69. The first-order chi connectivity index (χ1) is 7.61. The molecule has 84 valence electrons. The van der Waals surface area contributed by atoms with Crippen LogP contribution in [0.4, 0.5) is 5.82 Å². The number of benzene rings is 1. The van der Waals surface area contributed by atoms with Gasteiger partial charge in [0.1, 0.15) is 5.82 Å². The van der Waals surface area contributed by atoms with Crippen LogP contribution in [0.25, 0.3) is 11.3 Å². The van der Waals surface area contributed by atoms with E-state index in [1.165, 1.54) is 16.7 Å². The predicted molar refractivity (Wildman–Crippen MR) is 67.3 cm³/mol. The first-order valence-electron chi connectivity index (χ1n) is 5.53. The average Bonchev–Trinajstić information content (AvgIpc) is 2.58. The molecule has 0 spiro atoms. The first kappa shape index (κ1) is 10.7. The van der Waals surface area contributed by atoms with Crippen LogP contribution in [0, 0.1) is 13.8 Å². The molecule has 0 unspecified atom stereocenters. The number of nitrogen functional groups attached to an aromatic ring is 1. The van der Waals surface area contributed by atoms with Gasteiger partial charge in [0.2, 0.25) is 0 Å². The third kappa shape index (κ3) is 1.81. The number of aryl methyl sites for hydroxylation is 2. The number of hydrogen-bond donors (Lipinski definition) is 2. The lowest BCUT2D eigenvalue weighted by molar-refractivity contribution is 1.10. The molecule has 3 nitrogen and oxygen atoms in total. The molecule has 0 radical (unpaired) electrons. The number of H-pyrrole nitrogens is 1. The minimum atomic E-state index is 0.608. The molecule has 0 aliphatic rings. The van der Waals surface area contributed by atoms with Crippen molar-refractivity contribution in [1.29, 1.82) is 0 Å². The summed E-state index contributed by atoms with van der Waals surface area (Å²) in [5.41, 5.74) is 11.6. The van der Waals surface area contributed by atoms with Gasteiger partial charge in [0.05, 0.1) is 5.69 Å². The van der Waals surface area contributed by atoms with Crippen LogP contribution >= 0.6 is 0 Å². The Morgan fingerprint density at radius 3 is 2.38 bits per heavy atom. The molecule has 0 saturated heterocycles. The summed E-state index contributed by atoms with van der Waals surface area (Å²) < 4.78 is 0. The summed E-state index contributed by atoms with van der Waals surface area (Å²) in [5, 5.41) is 7.10. The fourth-order valence-electron chi connectivity index (χ4n) is 2.09. The second-order valence-corrected chi connectivity index (χ2v) is 4.19. The Balaban J connectivity index is 2.58. The molecule has 1 heterocycles. The molecule has 0 fully saturated rings. The SMILES string of the molecule is CCc1c(N)n[nH]c1-c1cc(C)cc(C)c1. The van der Waals surface area contributed by atoms with E-state index in [-0.39, 0.29) is 0 Å². The van der Waals surface area contributed by atoms with E-state index in [1.807, 2.05) is 0 Å². The molecule has 0 atom stereocenters. The zero-order valence-corrected chi connectivity index (χ0v) is 9.96. The van der Waals surface area contributed by atoms with Gasteiger partial charge in [0, 0.05) is 11.1 Å². The van der Waals surface area contributed by atoms with Gasteiger partial charge in [-0.15, -0.1) is 0 Å². The monoisotopic (exact) mass is 215 g/mol. The zero-order valence-electron chi connectivity index (χ0n) is 9.96. The van der Waals surface area contributed by atoms with Crippen molar-refractivity contribution in [2.75, 3.05) is 5.73 Å². The molecule has 3 N–H and O–H groups in total. The molecule has 0 amide bonds. The maximum Gasteiger partial charge on any atom is 0.149 e. The Kier molecular flexibility index (Phi) is 2.69. The smallest absolute Gasteiger partial charge is 0.149 e. The Hall–Kier alpha value is -1.77. The van der Waals surface area contributed by atoms with Gasteiger partial charge < -0.3 is 5.73 Å². The van der Waals surface area contributed by atoms with Crippen molar-refractivity contribution in [3.8, 4) is 11.3 Å². The third-order valence-electron chi connectivity index (χ3n) is 2.76. The van der Waals surface area contributed by atoms with Crippen molar-refractivity contribution < 1.29 is 0 Å². The maximum absolute atomic E-state index is 5.82. The second-order valence-electron chi connectivity index (χ2n) is 4.19. The molecule has 1 aromatic carbocycles. The number of nitrogens with zero attached hydrogens (tertiary/aromatic N) is 1. The normalized spacial score (nSPS) is 10.7. The van der Waals surface area contributed by atoms with E-state index in [1.54, 1.807) is 0 Å². The third-order valence-corrected chi connectivity index (χ3v) is 2.76. The van der Waals surface area contributed by atoms with E-state index in [2.05, 4.69) is 49.2 Å². The number of aromatic nitrogens is 2. The van der Waals surface area contributed by atoms with Gasteiger partial charge in [-0.05, 0) is 32.4 Å². The second kappa shape index (κ2) is 4.00. The maximum atomic E-state index is 5.82. The van der Waals surface area contributed by atoms with Crippen LogP contribution < -0.4 is 5.73 Å². The van der Waals surface area contributed by atoms with E-state index in [9.17, 15) is 0 Å². The van der Waals surface area contributed by atoms with Crippen molar-refractivity contribution in [3.05, 3.63) is 34.9 Å². The van der Waals surface area contributed by atoms with Gasteiger partial charge in [-0.25, -0.2) is 0 Å². The van der Waals surface area contributed by atoms with Gasteiger partial charge in [-0.3, -0.25) is 5.10 Å². The molecule has 3 heteroatoms. The summed E-state index contributed by atoms with van der Waals surface area (Å²) in [7, 11) is 0. The van der Waals surface area contributed by atoms with E-state index in [4.69, 9.17) is 5.73 Å². The Morgan fingerprint density at radius 2 is 1.81 bits per heavy atom. The molecular weight excluding hydrogens is 198 g/mol. The summed E-state index contributed by atoms with van der Waals surface area (Å²) in [6, 6.07) is 6.47. The van der Waals surface area contributed by atoms with Crippen LogP contribution in [-0.4, -0.2) is 10.2 Å². The van der Waals surface area contributed by atoms with Crippen LogP contribution in [0.5, 0.6) is 0 Å². The van der Waals surface area contributed by atoms with Crippen molar-refractivity contribution in [2.45, 2.75) is 27.2 Å². The zero-order chi connectivity index (χ0) is 11.7. The van der Waals surface area contributed by atoms with E-state index in [0.717, 1.165) is 17.7 Å². The molecule has 2 aromatic rings. The van der Waals surface area contributed by atoms with Crippen LogP contribution in [0.3, 0.4) is 0 Å². The van der Waals surface area contributed by atoms with E-state index < -0.39 is 0 Å². The average molecular weight is 215 g/mol. The lowest BCUT2D eigenvalue weighted by atomic mass is 10.0.